The molecule has 0 spiro atoms. The highest BCUT2D eigenvalue weighted by Gasteiger charge is 2.25. The Balaban J connectivity index is 1.62. The van der Waals surface area contributed by atoms with E-state index in [1.165, 1.54) is 5.56 Å². The number of thiazole rings is 1. The zero-order valence-corrected chi connectivity index (χ0v) is 21.8. The number of fused-ring (bicyclic) bond motifs is 2. The highest BCUT2D eigenvalue weighted by Crippen LogP contribution is 2.33. The Hall–Kier alpha value is -3.13. The lowest BCUT2D eigenvalue weighted by Gasteiger charge is -2.25. The average molecular weight is 501 g/mol. The van der Waals surface area contributed by atoms with Gasteiger partial charge in [-0.2, -0.15) is 0 Å². The third-order valence-corrected chi connectivity index (χ3v) is 8.20. The number of thiophene rings is 1. The summed E-state index contributed by atoms with van der Waals surface area (Å²) in [4.78, 5) is 29.2. The molecule has 0 radical (unpaired) electrons. The number of rotatable bonds is 8. The van der Waals surface area contributed by atoms with Crippen molar-refractivity contribution in [1.82, 2.24) is 14.9 Å². The van der Waals surface area contributed by atoms with Gasteiger partial charge in [-0.25, -0.2) is 9.97 Å². The molecule has 0 aliphatic heterocycles. The van der Waals surface area contributed by atoms with Gasteiger partial charge in [0.05, 0.1) is 31.9 Å². The van der Waals surface area contributed by atoms with E-state index in [9.17, 15) is 4.79 Å². The number of amides is 1. The van der Waals surface area contributed by atoms with E-state index in [-0.39, 0.29) is 5.91 Å². The molecule has 3 heterocycles. The smallest absolute Gasteiger partial charge is 0.260 e. The predicted octanol–water partition coefficient (Wildman–Crippen LogP) is 6.87. The first-order valence-corrected chi connectivity index (χ1v) is 13.6. The van der Waals surface area contributed by atoms with Gasteiger partial charge >= 0.3 is 0 Å². The zero-order valence-electron chi connectivity index (χ0n) is 20.2. The van der Waals surface area contributed by atoms with Crippen LogP contribution in [-0.2, 0) is 0 Å². The highest BCUT2D eigenvalue weighted by atomic mass is 32.1. The maximum Gasteiger partial charge on any atom is 0.260 e. The van der Waals surface area contributed by atoms with Crippen LogP contribution in [0.1, 0.15) is 29.8 Å². The summed E-state index contributed by atoms with van der Waals surface area (Å²) in [6, 6.07) is 20.1. The molecule has 0 aliphatic rings. The van der Waals surface area contributed by atoms with Crippen LogP contribution >= 0.6 is 22.7 Å². The number of aromatic nitrogens is 2. The van der Waals surface area contributed by atoms with Crippen LogP contribution in [0.25, 0.3) is 31.7 Å². The second-order valence-electron chi connectivity index (χ2n) is 8.50. The van der Waals surface area contributed by atoms with Crippen molar-refractivity contribution in [3.8, 4) is 10.6 Å². The molecule has 0 atom stereocenters. The van der Waals surface area contributed by atoms with Crippen LogP contribution in [0.5, 0.6) is 0 Å². The van der Waals surface area contributed by atoms with E-state index in [1.807, 2.05) is 58.8 Å². The van der Waals surface area contributed by atoms with E-state index in [2.05, 4.69) is 37.8 Å². The number of pyridine rings is 1. The summed E-state index contributed by atoms with van der Waals surface area (Å²) in [7, 11) is 0. The topological polar surface area (TPSA) is 49.3 Å². The molecular formula is C28H28N4OS2. The first-order chi connectivity index (χ1) is 17.1. The number of hydrogen-bond acceptors (Lipinski definition) is 6. The molecule has 2 aromatic carbocycles. The zero-order chi connectivity index (χ0) is 24.4. The fourth-order valence-corrected chi connectivity index (χ4v) is 6.02. The van der Waals surface area contributed by atoms with Crippen molar-refractivity contribution < 1.29 is 4.79 Å². The highest BCUT2D eigenvalue weighted by molar-refractivity contribution is 7.22. The Morgan fingerprint density at radius 2 is 1.74 bits per heavy atom. The number of hydrogen-bond donors (Lipinski definition) is 0. The van der Waals surface area contributed by atoms with Crippen LogP contribution in [0.4, 0.5) is 5.13 Å². The molecule has 7 heteroatoms. The Morgan fingerprint density at radius 3 is 2.51 bits per heavy atom. The minimum absolute atomic E-state index is 0.0376. The van der Waals surface area contributed by atoms with Crippen LogP contribution in [0.3, 0.4) is 0 Å². The second-order valence-corrected chi connectivity index (χ2v) is 10.5. The summed E-state index contributed by atoms with van der Waals surface area (Å²) in [5, 5.41) is 3.64. The first-order valence-electron chi connectivity index (χ1n) is 11.9. The van der Waals surface area contributed by atoms with E-state index in [0.717, 1.165) is 56.5 Å². The van der Waals surface area contributed by atoms with E-state index in [4.69, 9.17) is 9.97 Å². The van der Waals surface area contributed by atoms with Crippen LogP contribution in [0.2, 0.25) is 0 Å². The van der Waals surface area contributed by atoms with Gasteiger partial charge in [-0.3, -0.25) is 9.69 Å². The maximum absolute atomic E-state index is 14.3. The predicted molar refractivity (Wildman–Crippen MR) is 149 cm³/mol. The van der Waals surface area contributed by atoms with Gasteiger partial charge in [-0.1, -0.05) is 55.5 Å². The van der Waals surface area contributed by atoms with Gasteiger partial charge in [0.15, 0.2) is 5.13 Å². The molecule has 1 amide bonds. The van der Waals surface area contributed by atoms with E-state index < -0.39 is 0 Å². The summed E-state index contributed by atoms with van der Waals surface area (Å²) >= 11 is 3.21. The summed E-state index contributed by atoms with van der Waals surface area (Å²) in [5.41, 5.74) is 4.43. The molecule has 5 aromatic rings. The number of benzene rings is 2. The Kier molecular flexibility index (Phi) is 6.90. The molecule has 0 fully saturated rings. The van der Waals surface area contributed by atoms with Crippen molar-refractivity contribution in [2.45, 2.75) is 20.8 Å². The monoisotopic (exact) mass is 500 g/mol. The fraction of sp³-hybridized carbons (Fsp3) is 0.250. The van der Waals surface area contributed by atoms with Crippen LogP contribution in [0, 0.1) is 6.92 Å². The molecule has 35 heavy (non-hydrogen) atoms. The summed E-state index contributed by atoms with van der Waals surface area (Å²) in [6.07, 6.45) is 0. The van der Waals surface area contributed by atoms with Crippen molar-refractivity contribution in [2.75, 3.05) is 31.1 Å². The molecule has 0 bridgehead atoms. The van der Waals surface area contributed by atoms with Gasteiger partial charge in [0.1, 0.15) is 0 Å². The van der Waals surface area contributed by atoms with Crippen LogP contribution in [0.15, 0.2) is 66.0 Å². The van der Waals surface area contributed by atoms with Gasteiger partial charge in [0, 0.05) is 18.5 Å². The molecule has 0 saturated heterocycles. The number of para-hydroxylation sites is 1. The number of nitrogens with zero attached hydrogens (tertiary/aromatic N) is 4. The van der Waals surface area contributed by atoms with Crippen molar-refractivity contribution in [3.05, 3.63) is 77.2 Å². The number of likely N-dealkylation sites (N-methyl/N-ethyl adjacent to an activating group) is 1. The summed E-state index contributed by atoms with van der Waals surface area (Å²) in [5.74, 6) is -0.0376. The van der Waals surface area contributed by atoms with Gasteiger partial charge in [0.25, 0.3) is 5.91 Å². The number of anilines is 1. The van der Waals surface area contributed by atoms with E-state index in [0.29, 0.717) is 12.1 Å². The maximum atomic E-state index is 14.3. The largest absolute Gasteiger partial charge is 0.302 e. The molecule has 0 aliphatic carbocycles. The quantitative estimate of drug-likeness (QED) is 0.233. The average Bonchev–Trinajstić information content (AvgIpc) is 3.56. The van der Waals surface area contributed by atoms with E-state index in [1.54, 1.807) is 22.7 Å². The minimum atomic E-state index is -0.0376. The van der Waals surface area contributed by atoms with Crippen molar-refractivity contribution in [3.63, 3.8) is 0 Å². The third kappa shape index (κ3) is 4.85. The first kappa shape index (κ1) is 23.6. The normalized spacial score (nSPS) is 11.5. The molecule has 0 unspecified atom stereocenters. The van der Waals surface area contributed by atoms with Crippen LogP contribution < -0.4 is 4.90 Å². The molecule has 5 nitrogen and oxygen atoms in total. The van der Waals surface area contributed by atoms with Crippen molar-refractivity contribution in [2.24, 2.45) is 0 Å². The Bertz CT molecular complexity index is 1470. The van der Waals surface area contributed by atoms with Gasteiger partial charge in [0.2, 0.25) is 0 Å². The molecule has 5 rings (SSSR count). The Morgan fingerprint density at radius 1 is 0.914 bits per heavy atom. The van der Waals surface area contributed by atoms with Gasteiger partial charge in [-0.15, -0.1) is 11.3 Å². The van der Waals surface area contributed by atoms with Gasteiger partial charge < -0.3 is 4.90 Å². The number of carbonyl (C=O) groups excluding carboxylic acids is 1. The summed E-state index contributed by atoms with van der Waals surface area (Å²) < 4.78 is 1.10. The number of carbonyl (C=O) groups is 1. The molecule has 0 N–H and O–H groups in total. The molecule has 0 saturated carbocycles. The van der Waals surface area contributed by atoms with Gasteiger partial charge in [-0.05, 0) is 61.3 Å². The second kappa shape index (κ2) is 10.2. The lowest BCUT2D eigenvalue weighted by molar-refractivity contribution is 0.0985. The lowest BCUT2D eigenvalue weighted by atomic mass is 10.1. The molecule has 178 valence electrons. The lowest BCUT2D eigenvalue weighted by Crippen LogP contribution is -2.39. The number of aryl methyl sites for hydroxylation is 1. The SMILES string of the molecule is CCN(CC)CCN(C(=O)c1cc(-c2cccs2)nc2ccccc12)c1nc2ccc(C)cc2s1. The van der Waals surface area contributed by atoms with Crippen molar-refractivity contribution in [1.29, 1.82) is 0 Å². The fourth-order valence-electron chi connectivity index (χ4n) is 4.25. The van der Waals surface area contributed by atoms with E-state index >= 15 is 0 Å². The standard InChI is InChI=1S/C28H28N4OS2/c1-4-31(5-2)14-15-32(28-30-23-13-12-19(3)17-26(23)35-28)27(33)21-18-24(25-11-8-16-34-25)29-22-10-7-6-9-20(21)22/h6-13,16-18H,4-5,14-15H2,1-3H3. The van der Waals surface area contributed by atoms with Crippen LogP contribution in [-0.4, -0.2) is 47.0 Å². The Labute approximate surface area is 213 Å². The minimum Gasteiger partial charge on any atom is -0.302 e. The molecular weight excluding hydrogens is 472 g/mol. The summed E-state index contributed by atoms with van der Waals surface area (Å²) in [6.45, 7) is 9.63. The third-order valence-electron chi connectivity index (χ3n) is 6.26. The van der Waals surface area contributed by atoms with Crippen molar-refractivity contribution >= 4 is 54.8 Å². The molecule has 3 aromatic heterocycles.